The van der Waals surface area contributed by atoms with Crippen LogP contribution >= 0.6 is 0 Å². The van der Waals surface area contributed by atoms with Gasteiger partial charge in [0.1, 0.15) is 10.7 Å². The molecule has 0 radical (unpaired) electrons. The zero-order valence-electron chi connectivity index (χ0n) is 9.85. The largest absolute Gasteiger partial charge is 0.433 e. The Bertz CT molecular complexity index is 443. The van der Waals surface area contributed by atoms with E-state index in [4.69, 9.17) is 4.42 Å². The van der Waals surface area contributed by atoms with E-state index in [1.165, 1.54) is 6.07 Å². The topological polar surface area (TPSA) is 97.4 Å². The van der Waals surface area contributed by atoms with Crippen molar-refractivity contribution < 1.29 is 14.1 Å². The minimum atomic E-state index is -0.581. The van der Waals surface area contributed by atoms with Crippen molar-refractivity contribution in [2.24, 2.45) is 0 Å². The SMILES string of the molecule is O=C1NCCCCC1NCc1ccc([N+](=O)[O-])o1. The van der Waals surface area contributed by atoms with E-state index in [1.807, 2.05) is 0 Å². The van der Waals surface area contributed by atoms with Gasteiger partial charge in [-0.1, -0.05) is 0 Å². The number of nitrogens with one attached hydrogen (secondary N) is 2. The van der Waals surface area contributed by atoms with E-state index in [0.29, 0.717) is 18.8 Å². The number of carbonyl (C=O) groups excluding carboxylic acids is 1. The highest BCUT2D eigenvalue weighted by Gasteiger charge is 2.20. The predicted octanol–water partition coefficient (Wildman–Crippen LogP) is 0.946. The van der Waals surface area contributed by atoms with Gasteiger partial charge in [-0.3, -0.25) is 20.2 Å². The second-order valence-corrected chi connectivity index (χ2v) is 4.22. The summed E-state index contributed by atoms with van der Waals surface area (Å²) >= 11 is 0. The second kappa shape index (κ2) is 5.63. The molecule has 2 N–H and O–H groups in total. The summed E-state index contributed by atoms with van der Waals surface area (Å²) < 4.78 is 5.01. The van der Waals surface area contributed by atoms with Crippen LogP contribution in [0.2, 0.25) is 0 Å². The quantitative estimate of drug-likeness (QED) is 0.615. The first kappa shape index (κ1) is 12.6. The van der Waals surface area contributed by atoms with E-state index < -0.39 is 4.92 Å². The van der Waals surface area contributed by atoms with Crippen molar-refractivity contribution in [3.8, 4) is 0 Å². The smallest absolute Gasteiger partial charge is 0.404 e. The molecule has 0 aliphatic carbocycles. The maximum absolute atomic E-state index is 11.6. The summed E-state index contributed by atoms with van der Waals surface area (Å²) in [4.78, 5) is 21.5. The van der Waals surface area contributed by atoms with Gasteiger partial charge in [-0.2, -0.15) is 0 Å². The maximum atomic E-state index is 11.6. The number of rotatable bonds is 4. The van der Waals surface area contributed by atoms with Gasteiger partial charge in [-0.15, -0.1) is 0 Å². The molecule has 7 heteroatoms. The van der Waals surface area contributed by atoms with Gasteiger partial charge in [0.2, 0.25) is 5.91 Å². The van der Waals surface area contributed by atoms with Gasteiger partial charge < -0.3 is 9.73 Å². The molecule has 0 spiro atoms. The number of nitrogens with zero attached hydrogens (tertiary/aromatic N) is 1. The average molecular weight is 253 g/mol. The lowest BCUT2D eigenvalue weighted by atomic mass is 10.1. The van der Waals surface area contributed by atoms with Crippen molar-refractivity contribution in [2.45, 2.75) is 31.8 Å². The Morgan fingerprint density at radius 2 is 2.33 bits per heavy atom. The number of nitro groups is 1. The summed E-state index contributed by atoms with van der Waals surface area (Å²) in [6.45, 7) is 1.02. The van der Waals surface area contributed by atoms with Gasteiger partial charge in [0.15, 0.2) is 0 Å². The Balaban J connectivity index is 1.89. The summed E-state index contributed by atoms with van der Waals surface area (Å²) in [6.07, 6.45) is 2.74. The number of amides is 1. The van der Waals surface area contributed by atoms with Crippen molar-refractivity contribution in [1.29, 1.82) is 0 Å². The van der Waals surface area contributed by atoms with E-state index in [2.05, 4.69) is 10.6 Å². The number of carbonyl (C=O) groups is 1. The van der Waals surface area contributed by atoms with Crippen LogP contribution in [0.3, 0.4) is 0 Å². The molecule has 2 heterocycles. The fourth-order valence-electron chi connectivity index (χ4n) is 1.92. The summed E-state index contributed by atoms with van der Waals surface area (Å²) in [7, 11) is 0. The molecule has 1 unspecified atom stereocenters. The molecule has 98 valence electrons. The fraction of sp³-hybridized carbons (Fsp3) is 0.545. The van der Waals surface area contributed by atoms with Crippen LogP contribution in [-0.2, 0) is 11.3 Å². The van der Waals surface area contributed by atoms with Crippen molar-refractivity contribution in [3.63, 3.8) is 0 Å². The molecule has 1 aliphatic rings. The lowest BCUT2D eigenvalue weighted by molar-refractivity contribution is -0.402. The Kier molecular flexibility index (Phi) is 3.93. The molecule has 1 fully saturated rings. The van der Waals surface area contributed by atoms with Crippen LogP contribution in [0.15, 0.2) is 16.5 Å². The van der Waals surface area contributed by atoms with Gasteiger partial charge in [0.05, 0.1) is 18.7 Å². The summed E-state index contributed by atoms with van der Waals surface area (Å²) in [5.74, 6) is 0.157. The van der Waals surface area contributed by atoms with E-state index in [-0.39, 0.29) is 17.8 Å². The molecule has 18 heavy (non-hydrogen) atoms. The first-order valence-corrected chi connectivity index (χ1v) is 5.91. The van der Waals surface area contributed by atoms with Crippen LogP contribution in [0.1, 0.15) is 25.0 Å². The molecule has 0 saturated carbocycles. The molecule has 2 rings (SSSR count). The number of hydrogen-bond donors (Lipinski definition) is 2. The zero-order chi connectivity index (χ0) is 13.0. The molecule has 1 atom stereocenters. The monoisotopic (exact) mass is 253 g/mol. The third kappa shape index (κ3) is 3.07. The molecule has 0 aromatic carbocycles. The number of hydrogen-bond acceptors (Lipinski definition) is 5. The molecular formula is C11H15N3O4. The summed E-state index contributed by atoms with van der Waals surface area (Å²) in [5.41, 5.74) is 0. The first-order chi connectivity index (χ1) is 8.66. The van der Waals surface area contributed by atoms with E-state index >= 15 is 0 Å². The highest BCUT2D eigenvalue weighted by molar-refractivity contribution is 5.81. The summed E-state index contributed by atoms with van der Waals surface area (Å²) in [5, 5.41) is 16.3. The molecule has 1 saturated heterocycles. The molecule has 0 bridgehead atoms. The Morgan fingerprint density at radius 1 is 1.50 bits per heavy atom. The molecular weight excluding hydrogens is 238 g/mol. The van der Waals surface area contributed by atoms with Crippen molar-refractivity contribution in [3.05, 3.63) is 28.0 Å². The second-order valence-electron chi connectivity index (χ2n) is 4.22. The van der Waals surface area contributed by atoms with Crippen molar-refractivity contribution >= 4 is 11.8 Å². The lowest BCUT2D eigenvalue weighted by Gasteiger charge is -2.13. The van der Waals surface area contributed by atoms with Gasteiger partial charge in [0.25, 0.3) is 0 Å². The molecule has 1 aliphatic heterocycles. The van der Waals surface area contributed by atoms with Crippen LogP contribution in [0, 0.1) is 10.1 Å². The fourth-order valence-corrected chi connectivity index (χ4v) is 1.92. The highest BCUT2D eigenvalue weighted by atomic mass is 16.6. The van der Waals surface area contributed by atoms with E-state index in [1.54, 1.807) is 6.07 Å². The van der Waals surface area contributed by atoms with Crippen molar-refractivity contribution in [1.82, 2.24) is 10.6 Å². The Hall–Kier alpha value is -1.89. The maximum Gasteiger partial charge on any atom is 0.433 e. The van der Waals surface area contributed by atoms with Crippen LogP contribution in [-0.4, -0.2) is 23.4 Å². The number of furan rings is 1. The minimum absolute atomic E-state index is 0.0199. The Labute approximate surface area is 104 Å². The Morgan fingerprint density at radius 3 is 3.06 bits per heavy atom. The van der Waals surface area contributed by atoms with Crippen LogP contribution in [0.4, 0.5) is 5.88 Å². The lowest BCUT2D eigenvalue weighted by Crippen LogP contribution is -2.42. The minimum Gasteiger partial charge on any atom is -0.404 e. The van der Waals surface area contributed by atoms with Crippen molar-refractivity contribution in [2.75, 3.05) is 6.54 Å². The third-order valence-electron chi connectivity index (χ3n) is 2.89. The van der Waals surface area contributed by atoms with E-state index in [0.717, 1.165) is 19.3 Å². The van der Waals surface area contributed by atoms with Gasteiger partial charge in [-0.05, 0) is 25.3 Å². The molecule has 7 nitrogen and oxygen atoms in total. The van der Waals surface area contributed by atoms with E-state index in [9.17, 15) is 14.9 Å². The molecule has 1 aromatic heterocycles. The zero-order valence-corrected chi connectivity index (χ0v) is 9.85. The van der Waals surface area contributed by atoms with Crippen LogP contribution < -0.4 is 10.6 Å². The normalized spacial score (nSPS) is 20.2. The summed E-state index contributed by atoms with van der Waals surface area (Å²) in [6, 6.07) is 2.60. The molecule has 1 amide bonds. The third-order valence-corrected chi connectivity index (χ3v) is 2.89. The van der Waals surface area contributed by atoms with Crippen LogP contribution in [0.25, 0.3) is 0 Å². The van der Waals surface area contributed by atoms with Gasteiger partial charge in [0, 0.05) is 6.54 Å². The van der Waals surface area contributed by atoms with Gasteiger partial charge in [-0.25, -0.2) is 0 Å². The van der Waals surface area contributed by atoms with Crippen LogP contribution in [0.5, 0.6) is 0 Å². The first-order valence-electron chi connectivity index (χ1n) is 5.91. The standard InChI is InChI=1S/C11H15N3O4/c15-11-9(3-1-2-6-12-11)13-7-8-4-5-10(18-8)14(16)17/h4-5,9,13H,1-3,6-7H2,(H,12,15). The van der Waals surface area contributed by atoms with Gasteiger partial charge >= 0.3 is 5.88 Å². The predicted molar refractivity (Wildman–Crippen MR) is 62.9 cm³/mol. The molecule has 1 aromatic rings. The highest BCUT2D eigenvalue weighted by Crippen LogP contribution is 2.15. The average Bonchev–Trinajstić information content (AvgIpc) is 2.72.